The summed E-state index contributed by atoms with van der Waals surface area (Å²) in [5.41, 5.74) is 0.337. The molecule has 0 atom stereocenters. The van der Waals surface area contributed by atoms with Crippen LogP contribution in [0.3, 0.4) is 0 Å². The quantitative estimate of drug-likeness (QED) is 0.860. The predicted molar refractivity (Wildman–Crippen MR) is 95.8 cm³/mol. The van der Waals surface area contributed by atoms with Crippen LogP contribution in [0.4, 0.5) is 10.1 Å². The van der Waals surface area contributed by atoms with Gasteiger partial charge in [0.15, 0.2) is 0 Å². The third kappa shape index (κ3) is 4.03. The van der Waals surface area contributed by atoms with Gasteiger partial charge in [-0.05, 0) is 43.2 Å². The zero-order valence-electron chi connectivity index (χ0n) is 13.7. The summed E-state index contributed by atoms with van der Waals surface area (Å²) in [7, 11) is -3.61. The van der Waals surface area contributed by atoms with E-state index in [0.717, 1.165) is 6.07 Å². The minimum atomic E-state index is -3.61. The molecule has 1 aliphatic heterocycles. The number of hydrogen-bond acceptors (Lipinski definition) is 4. The van der Waals surface area contributed by atoms with Crippen molar-refractivity contribution in [1.29, 1.82) is 0 Å². The Morgan fingerprint density at radius 1 is 1.27 bits per heavy atom. The van der Waals surface area contributed by atoms with Crippen molar-refractivity contribution in [3.63, 3.8) is 0 Å². The summed E-state index contributed by atoms with van der Waals surface area (Å²) >= 11 is 5.92. The molecule has 1 fully saturated rings. The van der Waals surface area contributed by atoms with Gasteiger partial charge in [-0.1, -0.05) is 11.6 Å². The monoisotopic (exact) mass is 397 g/mol. The summed E-state index contributed by atoms with van der Waals surface area (Å²) in [6.07, 6.45) is 3.61. The second-order valence-electron chi connectivity index (χ2n) is 5.98. The second kappa shape index (κ2) is 7.69. The first-order valence-corrected chi connectivity index (χ1v) is 9.86. The number of carbonyl (C=O) groups excluding carboxylic acids is 1. The van der Waals surface area contributed by atoms with Crippen LogP contribution in [0, 0.1) is 11.7 Å². The van der Waals surface area contributed by atoms with Gasteiger partial charge in [0.25, 0.3) is 0 Å². The number of hydrogen-bond donors (Lipinski definition) is 1. The highest BCUT2D eigenvalue weighted by Crippen LogP contribution is 2.27. The number of halogens is 2. The first-order valence-electron chi connectivity index (χ1n) is 8.04. The molecule has 1 aliphatic rings. The van der Waals surface area contributed by atoms with Crippen molar-refractivity contribution in [1.82, 2.24) is 9.29 Å². The molecular formula is C17H17ClFN3O3S. The molecule has 26 heavy (non-hydrogen) atoms. The summed E-state index contributed by atoms with van der Waals surface area (Å²) in [6.45, 7) is 0.485. The van der Waals surface area contributed by atoms with Gasteiger partial charge in [-0.2, -0.15) is 4.31 Å². The minimum Gasteiger partial charge on any atom is -0.325 e. The summed E-state index contributed by atoms with van der Waals surface area (Å²) in [5.74, 6) is -1.07. The standard InChI is InChI=1S/C17H17ClFN3O3S/c18-15-10-13(19)3-4-16(15)21-17(23)12-5-8-22(9-6-12)26(24,25)14-2-1-7-20-11-14/h1-4,7,10-12H,5-6,8-9H2,(H,21,23). The zero-order chi connectivity index (χ0) is 18.7. The Morgan fingerprint density at radius 2 is 2.00 bits per heavy atom. The highest BCUT2D eigenvalue weighted by atomic mass is 35.5. The minimum absolute atomic E-state index is 0.120. The van der Waals surface area contributed by atoms with E-state index in [1.807, 2.05) is 0 Å². The number of sulfonamides is 1. The van der Waals surface area contributed by atoms with Gasteiger partial charge in [-0.25, -0.2) is 12.8 Å². The van der Waals surface area contributed by atoms with E-state index in [2.05, 4.69) is 10.3 Å². The normalized spacial score (nSPS) is 16.4. The van der Waals surface area contributed by atoms with Crippen LogP contribution in [0.15, 0.2) is 47.6 Å². The van der Waals surface area contributed by atoms with Crippen LogP contribution in [0.25, 0.3) is 0 Å². The number of carbonyl (C=O) groups is 1. The van der Waals surface area contributed by atoms with Gasteiger partial charge in [-0.3, -0.25) is 9.78 Å². The molecule has 0 aliphatic carbocycles. The van der Waals surface area contributed by atoms with Gasteiger partial charge in [0, 0.05) is 31.4 Å². The van der Waals surface area contributed by atoms with Gasteiger partial charge < -0.3 is 5.32 Å². The van der Waals surface area contributed by atoms with E-state index in [1.165, 1.54) is 34.9 Å². The van der Waals surface area contributed by atoms with Crippen molar-refractivity contribution >= 4 is 33.2 Å². The highest BCUT2D eigenvalue weighted by Gasteiger charge is 2.32. The number of amides is 1. The number of nitrogens with zero attached hydrogens (tertiary/aromatic N) is 2. The first-order chi connectivity index (χ1) is 12.4. The van der Waals surface area contributed by atoms with E-state index in [4.69, 9.17) is 11.6 Å². The number of nitrogens with one attached hydrogen (secondary N) is 1. The Hall–Kier alpha value is -2.03. The summed E-state index contributed by atoms with van der Waals surface area (Å²) in [6, 6.07) is 6.81. The fourth-order valence-corrected chi connectivity index (χ4v) is 4.48. The molecule has 0 saturated carbocycles. The number of pyridine rings is 1. The maximum absolute atomic E-state index is 13.1. The van der Waals surface area contributed by atoms with Crippen molar-refractivity contribution in [2.45, 2.75) is 17.7 Å². The number of aromatic nitrogens is 1. The van der Waals surface area contributed by atoms with Crippen molar-refractivity contribution in [2.75, 3.05) is 18.4 Å². The SMILES string of the molecule is O=C(Nc1ccc(F)cc1Cl)C1CCN(S(=O)(=O)c2cccnc2)CC1. The number of benzene rings is 1. The fourth-order valence-electron chi connectivity index (χ4n) is 2.83. The van der Waals surface area contributed by atoms with Crippen molar-refractivity contribution in [3.05, 3.63) is 53.6 Å². The lowest BCUT2D eigenvalue weighted by Crippen LogP contribution is -2.41. The molecule has 1 aromatic carbocycles. The highest BCUT2D eigenvalue weighted by molar-refractivity contribution is 7.89. The molecule has 0 bridgehead atoms. The van der Waals surface area contributed by atoms with E-state index in [1.54, 1.807) is 6.07 Å². The third-order valence-corrected chi connectivity index (χ3v) is 6.48. The van der Waals surface area contributed by atoms with Crippen LogP contribution in [-0.4, -0.2) is 36.7 Å². The molecular weight excluding hydrogens is 381 g/mol. The zero-order valence-corrected chi connectivity index (χ0v) is 15.3. The molecule has 1 amide bonds. The van der Waals surface area contributed by atoms with E-state index >= 15 is 0 Å². The van der Waals surface area contributed by atoms with Crippen molar-refractivity contribution in [2.24, 2.45) is 5.92 Å². The van der Waals surface area contributed by atoms with E-state index in [-0.39, 0.29) is 34.8 Å². The van der Waals surface area contributed by atoms with Crippen LogP contribution < -0.4 is 5.32 Å². The average molecular weight is 398 g/mol. The molecule has 138 valence electrons. The second-order valence-corrected chi connectivity index (χ2v) is 8.33. The van der Waals surface area contributed by atoms with Gasteiger partial charge in [-0.15, -0.1) is 0 Å². The molecule has 2 aromatic rings. The maximum Gasteiger partial charge on any atom is 0.244 e. The molecule has 0 radical (unpaired) electrons. The van der Waals surface area contributed by atoms with Crippen LogP contribution in [0.2, 0.25) is 5.02 Å². The molecule has 0 unspecified atom stereocenters. The largest absolute Gasteiger partial charge is 0.325 e. The fraction of sp³-hybridized carbons (Fsp3) is 0.294. The van der Waals surface area contributed by atoms with Gasteiger partial charge in [0.2, 0.25) is 15.9 Å². The lowest BCUT2D eigenvalue weighted by atomic mass is 9.97. The summed E-state index contributed by atoms with van der Waals surface area (Å²) in [5, 5.41) is 2.80. The summed E-state index contributed by atoms with van der Waals surface area (Å²) in [4.78, 5) is 16.4. The molecule has 3 rings (SSSR count). The van der Waals surface area contributed by atoms with E-state index in [0.29, 0.717) is 18.5 Å². The van der Waals surface area contributed by atoms with Gasteiger partial charge >= 0.3 is 0 Å². The molecule has 1 saturated heterocycles. The third-order valence-electron chi connectivity index (χ3n) is 4.29. The lowest BCUT2D eigenvalue weighted by molar-refractivity contribution is -0.120. The van der Waals surface area contributed by atoms with Crippen LogP contribution in [0.5, 0.6) is 0 Å². The Morgan fingerprint density at radius 3 is 2.62 bits per heavy atom. The Bertz CT molecular complexity index is 901. The van der Waals surface area contributed by atoms with Crippen molar-refractivity contribution < 1.29 is 17.6 Å². The van der Waals surface area contributed by atoms with Crippen LogP contribution in [0.1, 0.15) is 12.8 Å². The number of piperidine rings is 1. The average Bonchev–Trinajstić information content (AvgIpc) is 2.65. The topological polar surface area (TPSA) is 79.4 Å². The Kier molecular flexibility index (Phi) is 5.55. The predicted octanol–water partition coefficient (Wildman–Crippen LogP) is 2.91. The Labute approximate surface area is 156 Å². The molecule has 9 heteroatoms. The number of rotatable bonds is 4. The smallest absolute Gasteiger partial charge is 0.244 e. The first kappa shape index (κ1) is 18.8. The van der Waals surface area contributed by atoms with Crippen molar-refractivity contribution in [3.8, 4) is 0 Å². The van der Waals surface area contributed by atoms with Gasteiger partial charge in [0.1, 0.15) is 10.7 Å². The number of anilines is 1. The lowest BCUT2D eigenvalue weighted by Gasteiger charge is -2.30. The molecule has 6 nitrogen and oxygen atoms in total. The molecule has 1 N–H and O–H groups in total. The summed E-state index contributed by atoms with van der Waals surface area (Å²) < 4.78 is 39.6. The molecule has 2 heterocycles. The molecule has 0 spiro atoms. The molecule has 1 aromatic heterocycles. The van der Waals surface area contributed by atoms with Crippen LogP contribution in [-0.2, 0) is 14.8 Å². The van der Waals surface area contributed by atoms with Crippen LogP contribution >= 0.6 is 11.6 Å². The van der Waals surface area contributed by atoms with E-state index < -0.39 is 15.8 Å². The maximum atomic E-state index is 13.1. The van der Waals surface area contributed by atoms with E-state index in [9.17, 15) is 17.6 Å². The Balaban J connectivity index is 1.62. The van der Waals surface area contributed by atoms with Gasteiger partial charge in [0.05, 0.1) is 10.7 Å².